The molecule has 5 heteroatoms. The molecule has 15 heavy (non-hydrogen) atoms. The molecule has 0 saturated heterocycles. The number of amidine groups is 1. The molecule has 0 unspecified atom stereocenters. The zero-order valence-corrected chi connectivity index (χ0v) is 8.53. The lowest BCUT2D eigenvalue weighted by Crippen LogP contribution is -2.41. The average Bonchev–Trinajstić information content (AvgIpc) is 2.25. The molecule has 0 radical (unpaired) electrons. The predicted octanol–water partition coefficient (Wildman–Crippen LogP) is 0.142. The van der Waals surface area contributed by atoms with E-state index in [9.17, 15) is 4.79 Å². The maximum Gasteiger partial charge on any atom is 0.235 e. The highest BCUT2D eigenvalue weighted by Gasteiger charge is 2.00. The largest absolute Gasteiger partial charge is 0.322 e. The summed E-state index contributed by atoms with van der Waals surface area (Å²) in [6.45, 7) is 1.41. The Morgan fingerprint density at radius 3 is 2.53 bits per heavy atom. The Morgan fingerprint density at radius 2 is 2.00 bits per heavy atom. The molecule has 0 aliphatic carbocycles. The molecule has 1 aromatic carbocycles. The minimum Gasteiger partial charge on any atom is -0.322 e. The van der Waals surface area contributed by atoms with E-state index in [0.717, 1.165) is 5.56 Å². The van der Waals surface area contributed by atoms with Crippen molar-refractivity contribution in [3.05, 3.63) is 35.9 Å². The van der Waals surface area contributed by atoms with Gasteiger partial charge in [-0.2, -0.15) is 5.10 Å². The van der Waals surface area contributed by atoms with Crippen LogP contribution in [-0.4, -0.2) is 11.7 Å². The van der Waals surface area contributed by atoms with E-state index in [1.165, 1.54) is 6.92 Å². The number of benzene rings is 1. The first-order valence-corrected chi connectivity index (χ1v) is 4.55. The van der Waals surface area contributed by atoms with Crippen molar-refractivity contribution in [2.45, 2.75) is 13.3 Å². The van der Waals surface area contributed by atoms with Crippen molar-refractivity contribution in [2.24, 2.45) is 10.9 Å². The third kappa shape index (κ3) is 4.12. The summed E-state index contributed by atoms with van der Waals surface area (Å²) in [5.41, 5.74) is 6.13. The number of hydrogen-bond donors (Lipinski definition) is 3. The third-order valence-corrected chi connectivity index (χ3v) is 1.75. The van der Waals surface area contributed by atoms with E-state index >= 15 is 0 Å². The van der Waals surface area contributed by atoms with E-state index in [1.807, 2.05) is 30.3 Å². The monoisotopic (exact) mass is 206 g/mol. The number of nitrogens with one attached hydrogen (secondary N) is 2. The standard InChI is InChI=1S/C10H14N4O/c1-8(15)13-14-10(12-11)7-9-5-3-2-4-6-9/h2-6H,7,11H2,1H3,(H,12,14)(H,13,15). The van der Waals surface area contributed by atoms with Gasteiger partial charge in [-0.25, -0.2) is 0 Å². The molecule has 5 nitrogen and oxygen atoms in total. The Bertz CT molecular complexity index is 348. The average molecular weight is 206 g/mol. The second-order valence-corrected chi connectivity index (χ2v) is 3.04. The molecule has 0 aliphatic rings. The van der Waals surface area contributed by atoms with Gasteiger partial charge in [0, 0.05) is 13.3 Å². The van der Waals surface area contributed by atoms with Gasteiger partial charge in [-0.1, -0.05) is 30.3 Å². The van der Waals surface area contributed by atoms with E-state index in [2.05, 4.69) is 16.0 Å². The fourth-order valence-electron chi connectivity index (χ4n) is 1.07. The van der Waals surface area contributed by atoms with Crippen molar-refractivity contribution in [2.75, 3.05) is 0 Å². The van der Waals surface area contributed by atoms with Crippen LogP contribution < -0.4 is 16.7 Å². The molecule has 0 fully saturated rings. The summed E-state index contributed by atoms with van der Waals surface area (Å²) in [5, 5.41) is 3.55. The number of nitrogens with two attached hydrogens (primary N) is 1. The minimum atomic E-state index is -0.191. The van der Waals surface area contributed by atoms with Crippen molar-refractivity contribution >= 4 is 11.7 Å². The fraction of sp³-hybridized carbons (Fsp3) is 0.200. The number of carbonyl (C=O) groups excluding carboxylic acids is 1. The topological polar surface area (TPSA) is 79.5 Å². The second-order valence-electron chi connectivity index (χ2n) is 3.04. The summed E-state index contributed by atoms with van der Waals surface area (Å²) in [6, 6.07) is 9.72. The van der Waals surface area contributed by atoms with Crippen LogP contribution in [-0.2, 0) is 11.2 Å². The van der Waals surface area contributed by atoms with Crippen LogP contribution in [0.1, 0.15) is 12.5 Å². The summed E-state index contributed by atoms with van der Waals surface area (Å²) in [6.07, 6.45) is 0.553. The van der Waals surface area contributed by atoms with Crippen molar-refractivity contribution in [3.63, 3.8) is 0 Å². The third-order valence-electron chi connectivity index (χ3n) is 1.75. The second kappa shape index (κ2) is 5.64. The molecule has 4 N–H and O–H groups in total. The summed E-state index contributed by atoms with van der Waals surface area (Å²) >= 11 is 0. The smallest absolute Gasteiger partial charge is 0.235 e. The highest BCUT2D eigenvalue weighted by Crippen LogP contribution is 1.99. The van der Waals surface area contributed by atoms with Crippen LogP contribution in [0.4, 0.5) is 0 Å². The lowest BCUT2D eigenvalue weighted by molar-refractivity contribution is -0.119. The summed E-state index contributed by atoms with van der Waals surface area (Å²) in [7, 11) is 0. The molecule has 80 valence electrons. The van der Waals surface area contributed by atoms with Gasteiger partial charge in [0.25, 0.3) is 0 Å². The molecule has 0 spiro atoms. The van der Waals surface area contributed by atoms with Crippen LogP contribution in [0, 0.1) is 0 Å². The van der Waals surface area contributed by atoms with Crippen molar-refractivity contribution in [1.29, 1.82) is 0 Å². The quantitative estimate of drug-likeness (QED) is 0.279. The molecule has 0 bridgehead atoms. The van der Waals surface area contributed by atoms with Crippen LogP contribution in [0.5, 0.6) is 0 Å². The van der Waals surface area contributed by atoms with E-state index in [1.54, 1.807) is 0 Å². The first-order chi connectivity index (χ1) is 7.22. The van der Waals surface area contributed by atoms with Gasteiger partial charge in [0.2, 0.25) is 5.91 Å². The van der Waals surface area contributed by atoms with Gasteiger partial charge in [0.1, 0.15) is 5.84 Å². The summed E-state index contributed by atoms with van der Waals surface area (Å²) < 4.78 is 0. The zero-order valence-electron chi connectivity index (χ0n) is 8.53. The molecule has 0 atom stereocenters. The first kappa shape index (κ1) is 11.0. The van der Waals surface area contributed by atoms with Crippen LogP contribution in [0.15, 0.2) is 35.4 Å². The molecular weight excluding hydrogens is 192 g/mol. The minimum absolute atomic E-state index is 0.191. The highest BCUT2D eigenvalue weighted by molar-refractivity contribution is 5.86. The maximum atomic E-state index is 10.6. The lowest BCUT2D eigenvalue weighted by Gasteiger charge is -2.08. The van der Waals surface area contributed by atoms with Gasteiger partial charge in [0.15, 0.2) is 0 Å². The molecule has 0 heterocycles. The molecule has 0 aromatic heterocycles. The Balaban J connectivity index is 2.52. The van der Waals surface area contributed by atoms with Gasteiger partial charge in [0.05, 0.1) is 0 Å². The van der Waals surface area contributed by atoms with Gasteiger partial charge < -0.3 is 5.84 Å². The summed E-state index contributed by atoms with van der Waals surface area (Å²) in [5.74, 6) is 5.50. The van der Waals surface area contributed by atoms with Gasteiger partial charge in [-0.3, -0.25) is 15.6 Å². The van der Waals surface area contributed by atoms with Gasteiger partial charge in [-0.15, -0.1) is 0 Å². The van der Waals surface area contributed by atoms with E-state index in [4.69, 9.17) is 5.84 Å². The van der Waals surface area contributed by atoms with E-state index in [0.29, 0.717) is 12.3 Å². The Labute approximate surface area is 88.3 Å². The molecule has 0 aliphatic heterocycles. The highest BCUT2D eigenvalue weighted by atomic mass is 16.2. The van der Waals surface area contributed by atoms with Crippen LogP contribution in [0.3, 0.4) is 0 Å². The number of hydrazine groups is 1. The normalized spacial score (nSPS) is 10.9. The number of carbonyl (C=O) groups is 1. The van der Waals surface area contributed by atoms with Crippen molar-refractivity contribution in [3.8, 4) is 0 Å². The Kier molecular flexibility index (Phi) is 4.15. The lowest BCUT2D eigenvalue weighted by atomic mass is 10.1. The van der Waals surface area contributed by atoms with Gasteiger partial charge in [-0.05, 0) is 5.56 Å². The Hall–Kier alpha value is -2.04. The molecule has 1 aromatic rings. The molecule has 1 rings (SSSR count). The van der Waals surface area contributed by atoms with Crippen molar-refractivity contribution in [1.82, 2.24) is 10.9 Å². The predicted molar refractivity (Wildman–Crippen MR) is 58.7 cm³/mol. The first-order valence-electron chi connectivity index (χ1n) is 4.55. The molecule has 1 amide bonds. The number of hydrogen-bond acceptors (Lipinski definition) is 3. The molecular formula is C10H14N4O. The van der Waals surface area contributed by atoms with Gasteiger partial charge >= 0.3 is 0 Å². The number of nitrogens with zero attached hydrogens (tertiary/aromatic N) is 1. The van der Waals surface area contributed by atoms with Crippen LogP contribution >= 0.6 is 0 Å². The number of hydrazone groups is 1. The maximum absolute atomic E-state index is 10.6. The zero-order chi connectivity index (χ0) is 11.1. The van der Waals surface area contributed by atoms with E-state index < -0.39 is 0 Å². The number of rotatable bonds is 2. The van der Waals surface area contributed by atoms with E-state index in [-0.39, 0.29) is 5.91 Å². The Morgan fingerprint density at radius 1 is 1.33 bits per heavy atom. The SMILES string of the molecule is CC(=O)NNC(Cc1ccccc1)=NN. The number of amides is 1. The van der Waals surface area contributed by atoms with Crippen molar-refractivity contribution < 1.29 is 4.79 Å². The van der Waals surface area contributed by atoms with Crippen LogP contribution in [0.25, 0.3) is 0 Å². The van der Waals surface area contributed by atoms with Crippen LogP contribution in [0.2, 0.25) is 0 Å². The fourth-order valence-corrected chi connectivity index (χ4v) is 1.07. The summed E-state index contributed by atoms with van der Waals surface area (Å²) in [4.78, 5) is 10.6. The molecule has 0 saturated carbocycles.